The molecule has 4 aliphatic carbocycles. The number of alkyl halides is 3. The van der Waals surface area contributed by atoms with Crippen molar-refractivity contribution in [2.75, 3.05) is 6.61 Å². The standard InChI is InChI=1S/C40H61F3N8O/c41-40(42,43)22-10-8-11-23(19-22)52-20-21-9-7-18-30-31(21)39-50-37-29-17-6-5-16-28(29)35(48-37)46-33-25-13-2-1-12-24(25)32(44-33)45-34-26-14-3-4-15-27(26)36(47-34)49-38(30)51-39/h8,10-11,19,21,24-39,44-51H,1-7,9,12-18,20H2. The van der Waals surface area contributed by atoms with Crippen LogP contribution in [-0.2, 0) is 6.18 Å². The van der Waals surface area contributed by atoms with Gasteiger partial charge in [-0.1, -0.05) is 51.0 Å². The van der Waals surface area contributed by atoms with Crippen LogP contribution in [0.25, 0.3) is 0 Å². The lowest BCUT2D eigenvalue weighted by Gasteiger charge is -2.39. The van der Waals surface area contributed by atoms with Crippen molar-refractivity contribution in [1.29, 1.82) is 0 Å². The molecule has 9 aliphatic rings. The molecule has 1 aromatic carbocycles. The van der Waals surface area contributed by atoms with Gasteiger partial charge in [0.1, 0.15) is 5.75 Å². The van der Waals surface area contributed by atoms with Gasteiger partial charge >= 0.3 is 6.18 Å². The normalized spacial score (nSPS) is 48.7. The van der Waals surface area contributed by atoms with E-state index >= 15 is 0 Å². The van der Waals surface area contributed by atoms with Gasteiger partial charge in [0.05, 0.1) is 61.5 Å². The molecule has 9 fully saturated rings. The minimum atomic E-state index is -4.39. The van der Waals surface area contributed by atoms with E-state index in [2.05, 4.69) is 42.5 Å². The van der Waals surface area contributed by atoms with E-state index in [1.165, 1.54) is 83.1 Å². The third-order valence-corrected chi connectivity index (χ3v) is 15.7. The molecule has 0 aromatic heterocycles. The lowest BCUT2D eigenvalue weighted by Crippen LogP contribution is -2.61. The molecule has 5 heterocycles. The second kappa shape index (κ2) is 14.2. The fourth-order valence-corrected chi connectivity index (χ4v) is 13.4. The Hall–Kier alpha value is -1.51. The summed E-state index contributed by atoms with van der Waals surface area (Å²) < 4.78 is 46.9. The molecule has 288 valence electrons. The zero-order valence-corrected chi connectivity index (χ0v) is 30.5. The van der Waals surface area contributed by atoms with E-state index in [4.69, 9.17) is 4.74 Å². The molecule has 0 radical (unpaired) electrons. The third-order valence-electron chi connectivity index (χ3n) is 15.7. The van der Waals surface area contributed by atoms with E-state index in [-0.39, 0.29) is 42.9 Å². The maximum Gasteiger partial charge on any atom is 0.416 e. The van der Waals surface area contributed by atoms with Crippen LogP contribution < -0.4 is 47.3 Å². The number of hydrogen-bond acceptors (Lipinski definition) is 9. The summed E-state index contributed by atoms with van der Waals surface area (Å²) in [5.74, 6) is 4.94. The Kier molecular flexibility index (Phi) is 9.55. The van der Waals surface area contributed by atoms with Gasteiger partial charge in [0.15, 0.2) is 0 Å². The van der Waals surface area contributed by atoms with Crippen LogP contribution in [0.15, 0.2) is 24.3 Å². The molecular weight excluding hydrogens is 665 g/mol. The highest BCUT2D eigenvalue weighted by Crippen LogP contribution is 2.47. The van der Waals surface area contributed by atoms with Gasteiger partial charge in [-0.05, 0) is 123 Å². The molecule has 8 bridgehead atoms. The predicted octanol–water partition coefficient (Wildman–Crippen LogP) is 4.93. The number of nitrogens with one attached hydrogen (secondary N) is 8. The number of fused-ring (bicyclic) bond motifs is 20. The summed E-state index contributed by atoms with van der Waals surface area (Å²) in [6.45, 7) is 0.430. The van der Waals surface area contributed by atoms with Crippen LogP contribution in [0.2, 0.25) is 0 Å². The van der Waals surface area contributed by atoms with Crippen molar-refractivity contribution in [3.05, 3.63) is 29.8 Å². The van der Waals surface area contributed by atoms with Crippen LogP contribution >= 0.6 is 0 Å². The molecule has 17 atom stereocenters. The molecule has 5 aliphatic heterocycles. The van der Waals surface area contributed by atoms with Gasteiger partial charge in [-0.3, -0.25) is 42.5 Å². The second-order valence-corrected chi connectivity index (χ2v) is 18.3. The lowest BCUT2D eigenvalue weighted by atomic mass is 9.71. The third kappa shape index (κ3) is 6.42. The van der Waals surface area contributed by atoms with Crippen molar-refractivity contribution in [2.24, 2.45) is 53.3 Å². The molecule has 1 aromatic rings. The smallest absolute Gasteiger partial charge is 0.416 e. The van der Waals surface area contributed by atoms with Crippen molar-refractivity contribution in [3.8, 4) is 5.75 Å². The van der Waals surface area contributed by atoms with Gasteiger partial charge in [-0.15, -0.1) is 0 Å². The molecule has 0 amide bonds. The van der Waals surface area contributed by atoms with Crippen molar-refractivity contribution < 1.29 is 17.9 Å². The Morgan fingerprint density at radius 1 is 0.481 bits per heavy atom. The number of ether oxygens (including phenoxy) is 1. The van der Waals surface area contributed by atoms with E-state index in [0.29, 0.717) is 72.0 Å². The zero-order valence-electron chi connectivity index (χ0n) is 30.5. The fourth-order valence-electron chi connectivity index (χ4n) is 13.4. The Morgan fingerprint density at radius 3 is 1.29 bits per heavy atom. The monoisotopic (exact) mass is 726 g/mol. The first-order valence-electron chi connectivity index (χ1n) is 21.3. The summed E-state index contributed by atoms with van der Waals surface area (Å²) >= 11 is 0. The molecule has 9 nitrogen and oxygen atoms in total. The van der Waals surface area contributed by atoms with Gasteiger partial charge in [0, 0.05) is 0 Å². The summed E-state index contributed by atoms with van der Waals surface area (Å²) in [5.41, 5.74) is -0.653. The Labute approximate surface area is 307 Å². The first-order chi connectivity index (χ1) is 25.4. The van der Waals surface area contributed by atoms with E-state index in [1.54, 1.807) is 6.07 Å². The van der Waals surface area contributed by atoms with E-state index in [0.717, 1.165) is 31.4 Å². The minimum absolute atomic E-state index is 0.0823. The molecule has 5 saturated heterocycles. The zero-order chi connectivity index (χ0) is 35.0. The van der Waals surface area contributed by atoms with Crippen LogP contribution in [0.3, 0.4) is 0 Å². The minimum Gasteiger partial charge on any atom is -0.493 e. The number of halogens is 3. The Morgan fingerprint density at radius 2 is 0.865 bits per heavy atom. The Balaban J connectivity index is 0.957. The maximum atomic E-state index is 13.6. The average Bonchev–Trinajstić information content (AvgIpc) is 3.90. The summed E-state index contributed by atoms with van der Waals surface area (Å²) in [6.07, 6.45) is 16.2. The molecule has 0 spiro atoms. The summed E-state index contributed by atoms with van der Waals surface area (Å²) in [5, 5.41) is 33.5. The van der Waals surface area contributed by atoms with Gasteiger partial charge in [-0.2, -0.15) is 13.2 Å². The number of benzene rings is 1. The van der Waals surface area contributed by atoms with Crippen molar-refractivity contribution in [1.82, 2.24) is 42.5 Å². The molecule has 4 saturated carbocycles. The van der Waals surface area contributed by atoms with Gasteiger partial charge in [0.2, 0.25) is 0 Å². The highest BCUT2D eigenvalue weighted by Gasteiger charge is 2.55. The van der Waals surface area contributed by atoms with Gasteiger partial charge in [0.25, 0.3) is 0 Å². The van der Waals surface area contributed by atoms with Crippen LogP contribution in [0.1, 0.15) is 102 Å². The van der Waals surface area contributed by atoms with Crippen LogP contribution in [0.4, 0.5) is 13.2 Å². The largest absolute Gasteiger partial charge is 0.493 e. The summed E-state index contributed by atoms with van der Waals surface area (Å²) in [7, 11) is 0. The van der Waals surface area contributed by atoms with Crippen molar-refractivity contribution in [2.45, 2.75) is 152 Å². The first kappa shape index (κ1) is 34.9. The van der Waals surface area contributed by atoms with Crippen molar-refractivity contribution in [3.63, 3.8) is 0 Å². The number of hydrogen-bond donors (Lipinski definition) is 8. The quantitative estimate of drug-likeness (QED) is 0.220. The SMILES string of the molecule is FC(F)(F)c1cccc(OCC2CCCC3C4NC5NC(NC6NC(NC7NC(NC(N4)C23)C2CCCCC72)C2CCCCC62)C2CCCCC52)c1. The second-order valence-electron chi connectivity index (χ2n) is 18.3. The lowest BCUT2D eigenvalue weighted by molar-refractivity contribution is -0.137. The van der Waals surface area contributed by atoms with Crippen LogP contribution in [-0.4, -0.2) is 55.9 Å². The van der Waals surface area contributed by atoms with E-state index in [9.17, 15) is 13.2 Å². The highest BCUT2D eigenvalue weighted by atomic mass is 19.4. The molecule has 52 heavy (non-hydrogen) atoms. The van der Waals surface area contributed by atoms with Crippen LogP contribution in [0, 0.1) is 53.3 Å². The van der Waals surface area contributed by atoms with Gasteiger partial charge < -0.3 is 4.74 Å². The summed E-state index contributed by atoms with van der Waals surface area (Å²) in [6, 6.07) is 5.41. The maximum absolute atomic E-state index is 13.6. The van der Waals surface area contributed by atoms with Crippen LogP contribution in [0.5, 0.6) is 5.75 Å². The van der Waals surface area contributed by atoms with E-state index in [1.807, 2.05) is 0 Å². The van der Waals surface area contributed by atoms with Crippen molar-refractivity contribution >= 4 is 0 Å². The molecule has 8 N–H and O–H groups in total. The fraction of sp³-hybridized carbons (Fsp3) is 0.850. The van der Waals surface area contributed by atoms with Gasteiger partial charge in [-0.25, -0.2) is 0 Å². The number of rotatable bonds is 3. The summed E-state index contributed by atoms with van der Waals surface area (Å²) in [4.78, 5) is 0. The van der Waals surface area contributed by atoms with E-state index < -0.39 is 11.7 Å². The Bertz CT molecular complexity index is 1420. The molecule has 17 unspecified atom stereocenters. The average molecular weight is 727 g/mol. The first-order valence-corrected chi connectivity index (χ1v) is 21.3. The predicted molar refractivity (Wildman–Crippen MR) is 193 cm³/mol. The molecular formula is C40H61F3N8O. The highest BCUT2D eigenvalue weighted by molar-refractivity contribution is 5.30. The molecule has 10 rings (SSSR count). The molecule has 12 heteroatoms. The topological polar surface area (TPSA) is 105 Å².